The molecule has 3 heterocycles. The van der Waals surface area contributed by atoms with Gasteiger partial charge in [0.15, 0.2) is 0 Å². The highest BCUT2D eigenvalue weighted by molar-refractivity contribution is 6.15. The number of nitriles is 1. The van der Waals surface area contributed by atoms with Gasteiger partial charge in [0.1, 0.15) is 5.69 Å². The molecule has 0 spiro atoms. The molecule has 0 unspecified atom stereocenters. The van der Waals surface area contributed by atoms with Crippen LogP contribution in [0.1, 0.15) is 45.3 Å². The summed E-state index contributed by atoms with van der Waals surface area (Å²) in [7, 11) is 0. The lowest BCUT2D eigenvalue weighted by atomic mass is 10.1. The number of hydrogen-bond donors (Lipinski definition) is 1. The van der Waals surface area contributed by atoms with Gasteiger partial charge in [0.2, 0.25) is 0 Å². The van der Waals surface area contributed by atoms with Gasteiger partial charge in [-0.15, -0.1) is 0 Å². The molecular weight excluding hydrogens is 497 g/mol. The monoisotopic (exact) mass is 522 g/mol. The Morgan fingerprint density at radius 3 is 2.63 bits per heavy atom. The van der Waals surface area contributed by atoms with E-state index in [0.29, 0.717) is 36.6 Å². The maximum Gasteiger partial charge on any atom is 0.393 e. The summed E-state index contributed by atoms with van der Waals surface area (Å²) in [5.41, 5.74) is 2.59. The summed E-state index contributed by atoms with van der Waals surface area (Å²) in [6.45, 7) is 3.05. The fraction of sp³-hybridized carbons (Fsp3) is 0.333. The van der Waals surface area contributed by atoms with E-state index in [0.717, 1.165) is 5.56 Å². The van der Waals surface area contributed by atoms with Crippen molar-refractivity contribution >= 4 is 23.2 Å². The van der Waals surface area contributed by atoms with Crippen LogP contribution in [0.3, 0.4) is 0 Å². The molecule has 2 aliphatic heterocycles. The molecule has 0 aliphatic carbocycles. The quantitative estimate of drug-likeness (QED) is 0.535. The van der Waals surface area contributed by atoms with Crippen molar-refractivity contribution in [2.24, 2.45) is 5.92 Å². The predicted molar refractivity (Wildman–Crippen MR) is 133 cm³/mol. The van der Waals surface area contributed by atoms with Gasteiger partial charge in [-0.25, -0.2) is 0 Å². The van der Waals surface area contributed by atoms with E-state index in [1.165, 1.54) is 16.9 Å². The summed E-state index contributed by atoms with van der Waals surface area (Å²) in [6, 6.07) is 15.4. The van der Waals surface area contributed by atoms with Crippen molar-refractivity contribution in [3.8, 4) is 6.07 Å². The molecule has 8 nitrogen and oxygen atoms in total. The molecule has 1 fully saturated rings. The second-order valence-electron chi connectivity index (χ2n) is 9.69. The van der Waals surface area contributed by atoms with Crippen LogP contribution in [-0.4, -0.2) is 51.8 Å². The molecule has 2 atom stereocenters. The number of nitrogens with zero attached hydrogens (tertiary/aromatic N) is 5. The highest BCUT2D eigenvalue weighted by Crippen LogP contribution is 2.34. The Bertz CT molecular complexity index is 1410. The van der Waals surface area contributed by atoms with Gasteiger partial charge >= 0.3 is 6.18 Å². The number of aromatic nitrogens is 2. The lowest BCUT2D eigenvalue weighted by Crippen LogP contribution is -2.47. The Labute approximate surface area is 217 Å². The van der Waals surface area contributed by atoms with Crippen LogP contribution in [0.5, 0.6) is 0 Å². The number of nitrogens with one attached hydrogen (secondary N) is 1. The Kier molecular flexibility index (Phi) is 6.67. The number of fused-ring (bicyclic) bond motifs is 1. The first-order valence-corrected chi connectivity index (χ1v) is 12.2. The molecule has 5 rings (SSSR count). The van der Waals surface area contributed by atoms with Gasteiger partial charge in [-0.3, -0.25) is 19.2 Å². The Morgan fingerprint density at radius 2 is 1.95 bits per heavy atom. The third-order valence-corrected chi connectivity index (χ3v) is 6.99. The zero-order chi connectivity index (χ0) is 27.0. The van der Waals surface area contributed by atoms with E-state index in [1.807, 2.05) is 25.1 Å². The van der Waals surface area contributed by atoms with E-state index in [2.05, 4.69) is 10.4 Å². The highest BCUT2D eigenvalue weighted by atomic mass is 19.4. The SMILES string of the molecule is C[C@H]1Cn2ncc(C(=O)Nc3cccc(C#N)c3)c2C(=O)N1c1ccc(CN2CC[C@@H](C(F)(F)F)C2)cc1. The topological polar surface area (TPSA) is 94.3 Å². The molecule has 0 radical (unpaired) electrons. The molecule has 1 aromatic heterocycles. The molecule has 196 valence electrons. The Balaban J connectivity index is 1.31. The van der Waals surface area contributed by atoms with Crippen LogP contribution in [0.2, 0.25) is 0 Å². The zero-order valence-electron chi connectivity index (χ0n) is 20.6. The maximum atomic E-state index is 13.6. The van der Waals surface area contributed by atoms with Gasteiger partial charge in [-0.05, 0) is 55.8 Å². The van der Waals surface area contributed by atoms with Crippen LogP contribution in [-0.2, 0) is 13.1 Å². The number of carbonyl (C=O) groups excluding carboxylic acids is 2. The molecule has 0 saturated carbocycles. The average molecular weight is 523 g/mol. The van der Waals surface area contributed by atoms with Gasteiger partial charge in [-0.1, -0.05) is 18.2 Å². The largest absolute Gasteiger partial charge is 0.393 e. The minimum atomic E-state index is -4.17. The van der Waals surface area contributed by atoms with E-state index in [4.69, 9.17) is 5.26 Å². The van der Waals surface area contributed by atoms with E-state index in [9.17, 15) is 22.8 Å². The first-order chi connectivity index (χ1) is 18.1. The normalized spacial score (nSPS) is 19.8. The van der Waals surface area contributed by atoms with Crippen molar-refractivity contribution in [2.45, 2.75) is 38.7 Å². The molecule has 38 heavy (non-hydrogen) atoms. The van der Waals surface area contributed by atoms with Crippen molar-refractivity contribution < 1.29 is 22.8 Å². The minimum Gasteiger partial charge on any atom is -0.322 e. The number of hydrogen-bond acceptors (Lipinski definition) is 5. The molecular formula is C27H25F3N6O2. The van der Waals surface area contributed by atoms with Crippen LogP contribution in [0, 0.1) is 17.2 Å². The molecule has 2 aromatic carbocycles. The number of amides is 2. The molecule has 3 aromatic rings. The summed E-state index contributed by atoms with van der Waals surface area (Å²) in [5, 5.41) is 16.1. The molecule has 2 amide bonds. The van der Waals surface area contributed by atoms with E-state index < -0.39 is 18.0 Å². The summed E-state index contributed by atoms with van der Waals surface area (Å²) >= 11 is 0. The fourth-order valence-corrected chi connectivity index (χ4v) is 5.06. The molecule has 1 N–H and O–H groups in total. The fourth-order valence-electron chi connectivity index (χ4n) is 5.06. The van der Waals surface area contributed by atoms with Crippen LogP contribution < -0.4 is 10.2 Å². The Morgan fingerprint density at radius 1 is 1.18 bits per heavy atom. The average Bonchev–Trinajstić information content (AvgIpc) is 3.53. The second-order valence-corrected chi connectivity index (χ2v) is 9.69. The zero-order valence-corrected chi connectivity index (χ0v) is 20.6. The predicted octanol–water partition coefficient (Wildman–Crippen LogP) is 4.44. The molecule has 11 heteroatoms. The van der Waals surface area contributed by atoms with E-state index in [-0.39, 0.29) is 36.2 Å². The maximum absolute atomic E-state index is 13.6. The van der Waals surface area contributed by atoms with Crippen molar-refractivity contribution in [1.29, 1.82) is 5.26 Å². The van der Waals surface area contributed by atoms with Gasteiger partial charge in [0.05, 0.1) is 41.9 Å². The van der Waals surface area contributed by atoms with Crippen LogP contribution in [0.25, 0.3) is 0 Å². The third-order valence-electron chi connectivity index (χ3n) is 6.99. The molecule has 0 bridgehead atoms. The summed E-state index contributed by atoms with van der Waals surface area (Å²) in [5.74, 6) is -2.18. The van der Waals surface area contributed by atoms with Crippen LogP contribution in [0.4, 0.5) is 24.5 Å². The number of alkyl halides is 3. The smallest absolute Gasteiger partial charge is 0.322 e. The molecule has 1 saturated heterocycles. The van der Waals surface area contributed by atoms with Crippen LogP contribution >= 0.6 is 0 Å². The summed E-state index contributed by atoms with van der Waals surface area (Å²) < 4.78 is 40.5. The number of anilines is 2. The van der Waals surface area contributed by atoms with Gasteiger partial charge in [0, 0.05) is 24.5 Å². The highest BCUT2D eigenvalue weighted by Gasteiger charge is 2.43. The number of carbonyl (C=O) groups is 2. The first-order valence-electron chi connectivity index (χ1n) is 12.2. The number of benzene rings is 2. The third kappa shape index (κ3) is 4.99. The van der Waals surface area contributed by atoms with Crippen molar-refractivity contribution in [3.63, 3.8) is 0 Å². The lowest BCUT2D eigenvalue weighted by molar-refractivity contribution is -0.170. The van der Waals surface area contributed by atoms with Crippen LogP contribution in [0.15, 0.2) is 54.7 Å². The molecule has 2 aliphatic rings. The minimum absolute atomic E-state index is 0.0114. The Hall–Kier alpha value is -4.17. The summed E-state index contributed by atoms with van der Waals surface area (Å²) in [6.07, 6.45) is -2.71. The number of rotatable bonds is 5. The van der Waals surface area contributed by atoms with Gasteiger partial charge in [-0.2, -0.15) is 23.5 Å². The van der Waals surface area contributed by atoms with Crippen molar-refractivity contribution in [2.75, 3.05) is 23.3 Å². The second kappa shape index (κ2) is 9.95. The standard InChI is InChI=1S/C27H25F3N6O2/c1-17-14-35-24(23(13-32-35)25(37)33-21-4-2-3-19(11-21)12-31)26(38)36(17)22-7-5-18(6-8-22)15-34-10-9-20(16-34)27(28,29)30/h2-8,11,13,17,20H,9-10,14-16H2,1H3,(H,33,37)/t17-,20+/m0/s1. The lowest BCUT2D eigenvalue weighted by Gasteiger charge is -2.34. The number of halogens is 3. The van der Waals surface area contributed by atoms with E-state index in [1.54, 1.807) is 40.1 Å². The summed E-state index contributed by atoms with van der Waals surface area (Å²) in [4.78, 5) is 30.0. The van der Waals surface area contributed by atoms with Crippen molar-refractivity contribution in [1.82, 2.24) is 14.7 Å². The van der Waals surface area contributed by atoms with Crippen molar-refractivity contribution in [3.05, 3.63) is 77.1 Å². The number of likely N-dealkylation sites (tertiary alicyclic amines) is 1. The van der Waals surface area contributed by atoms with E-state index >= 15 is 0 Å². The van der Waals surface area contributed by atoms with Gasteiger partial charge in [0.25, 0.3) is 11.8 Å². The first kappa shape index (κ1) is 25.5. The van der Waals surface area contributed by atoms with Gasteiger partial charge < -0.3 is 10.2 Å².